The number of rotatable bonds is 28. The molecule has 0 aliphatic heterocycles. The Morgan fingerprint density at radius 2 is 0.593 bits per heavy atom. The second-order valence-electron chi connectivity index (χ2n) is 11.9. The molecule has 0 amide bonds. The highest BCUT2D eigenvalue weighted by Crippen LogP contribution is 2.59. The van der Waals surface area contributed by atoms with Crippen LogP contribution in [0.2, 0.25) is 0 Å². The first-order chi connectivity index (χ1) is 24.8. The van der Waals surface area contributed by atoms with Crippen molar-refractivity contribution in [3.8, 4) is 0 Å². The average molecular weight is 897 g/mol. The highest BCUT2D eigenvalue weighted by molar-refractivity contribution is 7.82. The maximum Gasteiger partial charge on any atom is 0.306 e. The van der Waals surface area contributed by atoms with E-state index in [-0.39, 0.29) is 0 Å². The highest BCUT2D eigenvalue weighted by atomic mass is 32.1. The summed E-state index contributed by atoms with van der Waals surface area (Å²) in [6.07, 6.45) is -6.29. The molecule has 54 heavy (non-hydrogen) atoms. The molecular weight excluding hydrogens is 849 g/mol. The molecule has 0 aromatic rings. The fourth-order valence-electron chi connectivity index (χ4n) is 5.51. The number of carbonyl (C=O) groups is 6. The fourth-order valence-corrected chi connectivity index (χ4v) is 8.98. The van der Waals surface area contributed by atoms with Gasteiger partial charge in [0.1, 0.15) is 22.1 Å². The number of ether oxygens (including phenoxy) is 2. The smallest absolute Gasteiger partial charge is 0.306 e. The SMILES string of the molecule is O=C(O)CC(S)OC(C(S)CC(=O)O)(C(S)CC(=O)O)C(CO)(CO)C(OC(S)CC(=O)O)(C(S)CC(=O)O)C(S)CC(=O)O.OCC(CO)(CO)CO. The predicted molar refractivity (Wildman–Crippen MR) is 205 cm³/mol. The van der Waals surface area contributed by atoms with Crippen molar-refractivity contribution in [2.24, 2.45) is 10.8 Å². The Labute approximate surface area is 341 Å². The van der Waals surface area contributed by atoms with Crippen LogP contribution in [0, 0.1) is 10.8 Å². The van der Waals surface area contributed by atoms with Crippen molar-refractivity contribution in [1.82, 2.24) is 0 Å². The van der Waals surface area contributed by atoms with Gasteiger partial charge in [0, 0.05) is 21.0 Å². The van der Waals surface area contributed by atoms with E-state index in [1.807, 2.05) is 0 Å². The molecule has 20 nitrogen and oxygen atoms in total. The lowest BCUT2D eigenvalue weighted by Crippen LogP contribution is -2.79. The minimum atomic E-state index is -2.90. The van der Waals surface area contributed by atoms with Gasteiger partial charge in [0.15, 0.2) is 0 Å². The summed E-state index contributed by atoms with van der Waals surface area (Å²) in [6.45, 7) is -4.64. The Bertz CT molecular complexity index is 1100. The van der Waals surface area contributed by atoms with E-state index < -0.39 is 168 Å². The molecule has 0 heterocycles. The topological polar surface area (TPSA) is 364 Å². The van der Waals surface area contributed by atoms with Crippen molar-refractivity contribution in [1.29, 1.82) is 0 Å². The summed E-state index contributed by atoms with van der Waals surface area (Å²) in [4.78, 5) is 71.2. The van der Waals surface area contributed by atoms with Gasteiger partial charge in [-0.2, -0.15) is 50.5 Å². The molecule has 0 aliphatic rings. The molecule has 26 heteroatoms. The van der Waals surface area contributed by atoms with E-state index in [0.717, 1.165) is 0 Å². The number of carboxylic acids is 6. The molecule has 316 valence electrons. The van der Waals surface area contributed by atoms with Crippen LogP contribution in [0.1, 0.15) is 38.5 Å². The summed E-state index contributed by atoms with van der Waals surface area (Å²) in [7, 11) is 0. The lowest BCUT2D eigenvalue weighted by Gasteiger charge is -2.64. The van der Waals surface area contributed by atoms with E-state index >= 15 is 0 Å². The molecule has 0 fully saturated rings. The van der Waals surface area contributed by atoms with Gasteiger partial charge >= 0.3 is 35.8 Å². The molecule has 6 unspecified atom stereocenters. The third kappa shape index (κ3) is 14.5. The Kier molecular flexibility index (Phi) is 25.4. The van der Waals surface area contributed by atoms with E-state index in [1.165, 1.54) is 0 Å². The van der Waals surface area contributed by atoms with Crippen LogP contribution in [-0.2, 0) is 38.2 Å². The largest absolute Gasteiger partial charge is 0.481 e. The molecule has 0 aliphatic carbocycles. The maximum atomic E-state index is 12.0. The third-order valence-corrected chi connectivity index (χ3v) is 11.0. The van der Waals surface area contributed by atoms with Crippen LogP contribution in [0.4, 0.5) is 0 Å². The number of aliphatic hydroxyl groups excluding tert-OH is 6. The lowest BCUT2D eigenvalue weighted by molar-refractivity contribution is -0.271. The number of aliphatic hydroxyl groups is 6. The molecule has 0 saturated heterocycles. The Hall–Kier alpha value is -1.40. The molecule has 0 aromatic carbocycles. The summed E-state index contributed by atoms with van der Waals surface area (Å²) >= 11 is 25.5. The van der Waals surface area contributed by atoms with Crippen LogP contribution in [0.3, 0.4) is 0 Å². The second kappa shape index (κ2) is 25.1. The summed E-state index contributed by atoms with van der Waals surface area (Å²) in [5.41, 5.74) is -13.4. The van der Waals surface area contributed by atoms with Gasteiger partial charge in [0.25, 0.3) is 0 Å². The molecule has 12 N–H and O–H groups in total. The normalized spacial score (nSPS) is 17.6. The van der Waals surface area contributed by atoms with Crippen LogP contribution in [0.5, 0.6) is 0 Å². The fraction of sp³-hybridized carbons (Fsp3) is 0.786. The van der Waals surface area contributed by atoms with Crippen LogP contribution < -0.4 is 0 Å². The first-order valence-corrected chi connectivity index (χ1v) is 18.3. The maximum absolute atomic E-state index is 12.0. The standard InChI is InChI=1S/C23H36O16S6.C5H12O4/c24-7-21(8-25,22(9(40)1-13(26)27,10(41)2-14(28)29)38-19(44)5-17(34)35)23(11(42)3-15(30)31,12(43)4-16(32)33)39-20(45)6-18(36)37;6-1-5(2-7,3-8)4-9/h9-12,19-20,24-25,40-45H,1-8H2,(H,26,27)(H,28,29)(H,30,31)(H,32,33)(H,34,35)(H,36,37);6-9H,1-4H2. The van der Waals surface area contributed by atoms with E-state index in [4.69, 9.17) is 29.9 Å². The van der Waals surface area contributed by atoms with Crippen LogP contribution in [0.15, 0.2) is 0 Å². The number of thiol groups is 6. The minimum absolute atomic E-state index is 0.406. The summed E-state index contributed by atoms with van der Waals surface area (Å²) in [5.74, 6) is -9.57. The number of hydrogen-bond donors (Lipinski definition) is 18. The van der Waals surface area contributed by atoms with Crippen LogP contribution in [-0.4, -0.2) is 180 Å². The van der Waals surface area contributed by atoms with Gasteiger partial charge < -0.3 is 70.8 Å². The first-order valence-electron chi connectivity index (χ1n) is 15.2. The molecule has 6 atom stereocenters. The zero-order chi connectivity index (χ0) is 42.8. The number of aliphatic carboxylic acids is 6. The Morgan fingerprint density at radius 1 is 0.389 bits per heavy atom. The van der Waals surface area contributed by atoms with E-state index in [0.29, 0.717) is 0 Å². The van der Waals surface area contributed by atoms with Crippen molar-refractivity contribution in [3.63, 3.8) is 0 Å². The van der Waals surface area contributed by atoms with Gasteiger partial charge in [0.05, 0.1) is 89.0 Å². The van der Waals surface area contributed by atoms with E-state index in [1.54, 1.807) is 0 Å². The Morgan fingerprint density at radius 3 is 0.722 bits per heavy atom. The van der Waals surface area contributed by atoms with Gasteiger partial charge in [-0.3, -0.25) is 28.8 Å². The highest BCUT2D eigenvalue weighted by Gasteiger charge is 2.73. The average Bonchev–Trinajstić information content (AvgIpc) is 3.03. The zero-order valence-corrected chi connectivity index (χ0v) is 33.6. The van der Waals surface area contributed by atoms with Crippen molar-refractivity contribution in [2.75, 3.05) is 39.6 Å². The molecule has 0 aromatic heterocycles. The summed E-state index contributed by atoms with van der Waals surface area (Å²) < 4.78 is 12.0. The summed E-state index contributed by atoms with van der Waals surface area (Å²) in [5, 5.41) is 107. The summed E-state index contributed by atoms with van der Waals surface area (Å²) in [6, 6.07) is 0. The van der Waals surface area contributed by atoms with Crippen molar-refractivity contribution < 1.29 is 99.5 Å². The first kappa shape index (κ1) is 54.7. The van der Waals surface area contributed by atoms with Crippen molar-refractivity contribution >= 4 is 112 Å². The number of hydrogen-bond acceptors (Lipinski definition) is 20. The molecule has 0 bridgehead atoms. The predicted octanol–water partition coefficient (Wildman–Crippen LogP) is -2.04. The second-order valence-corrected chi connectivity index (χ2v) is 15.6. The van der Waals surface area contributed by atoms with E-state index in [9.17, 15) is 69.6 Å². The quantitative estimate of drug-likeness (QED) is 0.0297. The monoisotopic (exact) mass is 896 g/mol. The third-order valence-electron chi connectivity index (χ3n) is 8.19. The van der Waals surface area contributed by atoms with Gasteiger partial charge in [-0.1, -0.05) is 0 Å². The molecule has 0 rings (SSSR count). The van der Waals surface area contributed by atoms with Gasteiger partial charge in [0.2, 0.25) is 0 Å². The lowest BCUT2D eigenvalue weighted by atomic mass is 9.55. The van der Waals surface area contributed by atoms with Crippen LogP contribution in [0.25, 0.3) is 0 Å². The van der Waals surface area contributed by atoms with Gasteiger partial charge in [-0.25, -0.2) is 0 Å². The minimum Gasteiger partial charge on any atom is -0.481 e. The number of carboxylic acid groups (broad SMARTS) is 6. The van der Waals surface area contributed by atoms with Gasteiger partial charge in [-0.05, 0) is 0 Å². The van der Waals surface area contributed by atoms with E-state index in [2.05, 4.69) is 75.8 Å². The molecule has 0 radical (unpaired) electrons. The molecule has 0 saturated carbocycles. The molecular formula is C28H48O20S6. The Balaban J connectivity index is 0. The molecule has 0 spiro atoms. The van der Waals surface area contributed by atoms with Gasteiger partial charge in [-0.15, -0.1) is 25.3 Å². The van der Waals surface area contributed by atoms with Crippen molar-refractivity contribution in [3.05, 3.63) is 0 Å². The zero-order valence-electron chi connectivity index (χ0n) is 28.3. The van der Waals surface area contributed by atoms with Crippen LogP contribution >= 0.6 is 75.8 Å². The van der Waals surface area contributed by atoms with Crippen molar-refractivity contribution in [2.45, 2.75) is 81.6 Å².